The van der Waals surface area contributed by atoms with Gasteiger partial charge < -0.3 is 0 Å². The molecule has 1 aromatic rings. The van der Waals surface area contributed by atoms with Gasteiger partial charge in [-0.15, -0.1) is 0 Å². The molecule has 4 heteroatoms. The molecule has 0 heterocycles. The molecular weight excluding hydrogens is 308 g/mol. The number of hydrogen-bond donors (Lipinski definition) is 0. The lowest BCUT2D eigenvalue weighted by atomic mass is 9.90. The van der Waals surface area contributed by atoms with Gasteiger partial charge in [0.05, 0.1) is 12.0 Å². The Morgan fingerprint density at radius 3 is 2.17 bits per heavy atom. The van der Waals surface area contributed by atoms with Crippen LogP contribution in [0.25, 0.3) is 0 Å². The van der Waals surface area contributed by atoms with Gasteiger partial charge in [0.2, 0.25) is 0 Å². The maximum atomic E-state index is 11.6. The molecule has 0 amide bonds. The molecule has 1 rings (SSSR count). The number of unbranched alkanes of at least 4 members (excludes halogenated alkanes) is 3. The molecule has 0 bridgehead atoms. The van der Waals surface area contributed by atoms with E-state index in [0.717, 1.165) is 12.3 Å². The molecular formula is C19H32O3S. The van der Waals surface area contributed by atoms with Crippen LogP contribution in [0, 0.1) is 5.92 Å². The molecule has 0 aromatic heterocycles. The predicted octanol–water partition coefficient (Wildman–Crippen LogP) is 5.51. The van der Waals surface area contributed by atoms with Crippen molar-refractivity contribution in [1.82, 2.24) is 0 Å². The van der Waals surface area contributed by atoms with E-state index >= 15 is 0 Å². The maximum absolute atomic E-state index is 11.6. The predicted molar refractivity (Wildman–Crippen MR) is 96.2 cm³/mol. The Kier molecular flexibility index (Phi) is 8.85. The monoisotopic (exact) mass is 340 g/mol. The van der Waals surface area contributed by atoms with Crippen molar-refractivity contribution in [3.05, 3.63) is 29.8 Å². The van der Waals surface area contributed by atoms with Crippen LogP contribution in [0.2, 0.25) is 0 Å². The van der Waals surface area contributed by atoms with Crippen LogP contribution in [-0.2, 0) is 14.3 Å². The second-order valence-corrected chi connectivity index (χ2v) is 8.34. The first kappa shape index (κ1) is 20.2. The molecule has 0 saturated carbocycles. The van der Waals surface area contributed by atoms with E-state index < -0.39 is 10.1 Å². The van der Waals surface area contributed by atoms with Gasteiger partial charge in [0, 0.05) is 0 Å². The van der Waals surface area contributed by atoms with E-state index in [9.17, 15) is 8.42 Å². The molecule has 0 spiro atoms. The fourth-order valence-electron chi connectivity index (χ4n) is 2.82. The van der Waals surface area contributed by atoms with E-state index in [1.807, 2.05) is 12.1 Å². The first-order valence-electron chi connectivity index (χ1n) is 8.81. The SMILES string of the molecule is CCCCCCC(C)CCC(C)c1ccc(S(=O)(=O)OC)cc1. The molecule has 1 aromatic carbocycles. The molecule has 2 unspecified atom stereocenters. The van der Waals surface area contributed by atoms with Gasteiger partial charge in [0.15, 0.2) is 0 Å². The van der Waals surface area contributed by atoms with E-state index in [2.05, 4.69) is 25.0 Å². The van der Waals surface area contributed by atoms with Crippen LogP contribution in [-0.4, -0.2) is 15.5 Å². The van der Waals surface area contributed by atoms with E-state index in [1.165, 1.54) is 51.2 Å². The van der Waals surface area contributed by atoms with Gasteiger partial charge in [-0.2, -0.15) is 8.42 Å². The molecule has 23 heavy (non-hydrogen) atoms. The number of benzene rings is 1. The third-order valence-corrected chi connectivity index (χ3v) is 5.89. The lowest BCUT2D eigenvalue weighted by Gasteiger charge is -2.16. The Labute approximate surface area is 142 Å². The summed E-state index contributed by atoms with van der Waals surface area (Å²) in [5, 5.41) is 0. The van der Waals surface area contributed by atoms with Gasteiger partial charge in [0.1, 0.15) is 0 Å². The van der Waals surface area contributed by atoms with Gasteiger partial charge >= 0.3 is 0 Å². The van der Waals surface area contributed by atoms with Crippen LogP contribution in [0.3, 0.4) is 0 Å². The highest BCUT2D eigenvalue weighted by atomic mass is 32.2. The summed E-state index contributed by atoms with van der Waals surface area (Å²) in [6.45, 7) is 6.80. The Bertz CT molecular complexity index is 534. The summed E-state index contributed by atoms with van der Waals surface area (Å²) in [4.78, 5) is 0.222. The van der Waals surface area contributed by atoms with Crippen molar-refractivity contribution in [2.45, 2.75) is 76.5 Å². The molecule has 0 aliphatic carbocycles. The van der Waals surface area contributed by atoms with Crippen LogP contribution < -0.4 is 0 Å². The van der Waals surface area contributed by atoms with E-state index in [0.29, 0.717) is 5.92 Å². The summed E-state index contributed by atoms with van der Waals surface area (Å²) in [7, 11) is -2.39. The zero-order valence-corrected chi connectivity index (χ0v) is 15.9. The second-order valence-electron chi connectivity index (χ2n) is 6.62. The highest BCUT2D eigenvalue weighted by Crippen LogP contribution is 2.26. The van der Waals surface area contributed by atoms with Gasteiger partial charge in [-0.05, 0) is 36.0 Å². The van der Waals surface area contributed by atoms with Crippen LogP contribution in [0.15, 0.2) is 29.2 Å². The van der Waals surface area contributed by atoms with Crippen LogP contribution in [0.1, 0.15) is 77.2 Å². The van der Waals surface area contributed by atoms with Crippen molar-refractivity contribution in [1.29, 1.82) is 0 Å². The zero-order chi connectivity index (χ0) is 17.3. The maximum Gasteiger partial charge on any atom is 0.296 e. The number of hydrogen-bond acceptors (Lipinski definition) is 3. The lowest BCUT2D eigenvalue weighted by molar-refractivity contribution is 0.397. The highest BCUT2D eigenvalue weighted by molar-refractivity contribution is 7.86. The average Bonchev–Trinajstić information content (AvgIpc) is 2.56. The summed E-state index contributed by atoms with van der Waals surface area (Å²) in [5.74, 6) is 1.22. The summed E-state index contributed by atoms with van der Waals surface area (Å²) in [5.41, 5.74) is 1.19. The minimum atomic E-state index is -3.58. The van der Waals surface area contributed by atoms with Gasteiger partial charge in [-0.25, -0.2) is 0 Å². The number of rotatable bonds is 11. The minimum Gasteiger partial charge on any atom is -0.270 e. The van der Waals surface area contributed by atoms with E-state index in [-0.39, 0.29) is 4.90 Å². The summed E-state index contributed by atoms with van der Waals surface area (Å²) < 4.78 is 27.8. The Hall–Kier alpha value is -0.870. The highest BCUT2D eigenvalue weighted by Gasteiger charge is 2.14. The molecule has 0 radical (unpaired) electrons. The van der Waals surface area contributed by atoms with Gasteiger partial charge in [-0.1, -0.05) is 71.4 Å². The van der Waals surface area contributed by atoms with Crippen LogP contribution in [0.4, 0.5) is 0 Å². The molecule has 0 N–H and O–H groups in total. The van der Waals surface area contributed by atoms with Crippen molar-refractivity contribution in [2.75, 3.05) is 7.11 Å². The largest absolute Gasteiger partial charge is 0.296 e. The summed E-state index contributed by atoms with van der Waals surface area (Å²) in [6, 6.07) is 7.09. The molecule has 132 valence electrons. The van der Waals surface area contributed by atoms with Crippen molar-refractivity contribution < 1.29 is 12.6 Å². The Balaban J connectivity index is 2.44. The third kappa shape index (κ3) is 7.05. The fourth-order valence-corrected chi connectivity index (χ4v) is 3.49. The first-order chi connectivity index (χ1) is 10.9. The second kappa shape index (κ2) is 10.1. The van der Waals surface area contributed by atoms with Crippen molar-refractivity contribution in [3.8, 4) is 0 Å². The van der Waals surface area contributed by atoms with Gasteiger partial charge in [0.25, 0.3) is 10.1 Å². The lowest BCUT2D eigenvalue weighted by Crippen LogP contribution is -2.04. The minimum absolute atomic E-state index is 0.222. The molecule has 0 saturated heterocycles. The smallest absolute Gasteiger partial charge is 0.270 e. The zero-order valence-electron chi connectivity index (χ0n) is 15.0. The molecule has 0 aliphatic rings. The fraction of sp³-hybridized carbons (Fsp3) is 0.684. The first-order valence-corrected chi connectivity index (χ1v) is 10.2. The van der Waals surface area contributed by atoms with E-state index in [1.54, 1.807) is 12.1 Å². The summed E-state index contributed by atoms with van der Waals surface area (Å²) >= 11 is 0. The topological polar surface area (TPSA) is 43.4 Å². The van der Waals surface area contributed by atoms with Crippen molar-refractivity contribution in [2.24, 2.45) is 5.92 Å². The molecule has 3 nitrogen and oxygen atoms in total. The molecule has 2 atom stereocenters. The van der Waals surface area contributed by atoms with Crippen molar-refractivity contribution in [3.63, 3.8) is 0 Å². The third-order valence-electron chi connectivity index (χ3n) is 4.60. The Morgan fingerprint density at radius 1 is 0.957 bits per heavy atom. The normalized spacial score (nSPS) is 14.6. The quantitative estimate of drug-likeness (QED) is 0.394. The van der Waals surface area contributed by atoms with E-state index in [4.69, 9.17) is 0 Å². The molecule has 0 fully saturated rings. The Morgan fingerprint density at radius 2 is 1.61 bits per heavy atom. The standard InChI is InChI=1S/C19H32O3S/c1-5-6-7-8-9-16(2)10-11-17(3)18-12-14-19(15-13-18)23(20,21)22-4/h12-17H,5-11H2,1-4H3. The van der Waals surface area contributed by atoms with Gasteiger partial charge in [-0.3, -0.25) is 4.18 Å². The molecule has 0 aliphatic heterocycles. The summed E-state index contributed by atoms with van der Waals surface area (Å²) in [6.07, 6.45) is 9.02. The average molecular weight is 341 g/mol. The van der Waals surface area contributed by atoms with Crippen molar-refractivity contribution >= 4 is 10.1 Å². The van der Waals surface area contributed by atoms with Crippen LogP contribution in [0.5, 0.6) is 0 Å². The van der Waals surface area contributed by atoms with Crippen LogP contribution >= 0.6 is 0 Å².